The average Bonchev–Trinajstić information content (AvgIpc) is 2.74. The van der Waals surface area contributed by atoms with E-state index in [1.165, 1.54) is 0 Å². The molecule has 1 aromatic heterocycles. The first-order valence-corrected chi connectivity index (χ1v) is 6.75. The number of ether oxygens (including phenoxy) is 1. The monoisotopic (exact) mass is 279 g/mol. The highest BCUT2D eigenvalue weighted by atomic mass is 35.5. The predicted octanol–water partition coefficient (Wildman–Crippen LogP) is 3.28. The van der Waals surface area contributed by atoms with Gasteiger partial charge >= 0.3 is 0 Å². The van der Waals surface area contributed by atoms with Gasteiger partial charge in [-0.25, -0.2) is 0 Å². The molecule has 0 saturated carbocycles. The standard InChI is InChI=1S/C14H18ClN3O/c1-3-12-14(15)13(18(4-2)17-12)9-19-11-7-5-10(16)6-8-11/h5-8H,3-4,9,16H2,1-2H3. The molecule has 0 aliphatic heterocycles. The Morgan fingerprint density at radius 2 is 1.95 bits per heavy atom. The van der Waals surface area contributed by atoms with Crippen LogP contribution < -0.4 is 10.5 Å². The maximum Gasteiger partial charge on any atom is 0.131 e. The minimum atomic E-state index is 0.406. The van der Waals surface area contributed by atoms with Crippen molar-refractivity contribution in [3.05, 3.63) is 40.7 Å². The van der Waals surface area contributed by atoms with Crippen molar-refractivity contribution in [1.29, 1.82) is 0 Å². The number of hydrogen-bond acceptors (Lipinski definition) is 3. The molecule has 4 nitrogen and oxygen atoms in total. The Morgan fingerprint density at radius 1 is 1.26 bits per heavy atom. The van der Waals surface area contributed by atoms with E-state index in [-0.39, 0.29) is 0 Å². The molecule has 2 aromatic rings. The quantitative estimate of drug-likeness (QED) is 0.855. The molecule has 0 spiro atoms. The highest BCUT2D eigenvalue weighted by Gasteiger charge is 2.14. The van der Waals surface area contributed by atoms with Crippen molar-refractivity contribution in [2.24, 2.45) is 0 Å². The van der Waals surface area contributed by atoms with Gasteiger partial charge < -0.3 is 10.5 Å². The first-order chi connectivity index (χ1) is 9.15. The lowest BCUT2D eigenvalue weighted by molar-refractivity contribution is 0.292. The molecular weight excluding hydrogens is 262 g/mol. The fourth-order valence-corrected chi connectivity index (χ4v) is 2.19. The van der Waals surface area contributed by atoms with Gasteiger partial charge in [-0.15, -0.1) is 0 Å². The maximum atomic E-state index is 6.32. The summed E-state index contributed by atoms with van der Waals surface area (Å²) in [6, 6.07) is 7.31. The Bertz CT molecular complexity index is 549. The average molecular weight is 280 g/mol. The zero-order valence-electron chi connectivity index (χ0n) is 11.2. The summed E-state index contributed by atoms with van der Waals surface area (Å²) in [5, 5.41) is 5.17. The fraction of sp³-hybridized carbons (Fsp3) is 0.357. The van der Waals surface area contributed by atoms with E-state index in [1.54, 1.807) is 0 Å². The van der Waals surface area contributed by atoms with Crippen LogP contribution in [0, 0.1) is 0 Å². The maximum absolute atomic E-state index is 6.32. The molecule has 1 aromatic carbocycles. The second-order valence-electron chi connectivity index (χ2n) is 4.23. The number of benzene rings is 1. The number of rotatable bonds is 5. The molecule has 2 N–H and O–H groups in total. The number of hydrogen-bond donors (Lipinski definition) is 1. The minimum Gasteiger partial charge on any atom is -0.487 e. The highest BCUT2D eigenvalue weighted by molar-refractivity contribution is 6.31. The third kappa shape index (κ3) is 3.01. The first kappa shape index (κ1) is 13.7. The smallest absolute Gasteiger partial charge is 0.131 e. The van der Waals surface area contributed by atoms with Crippen molar-refractivity contribution < 1.29 is 4.74 Å². The molecule has 0 aliphatic carbocycles. The van der Waals surface area contributed by atoms with Crippen molar-refractivity contribution in [2.45, 2.75) is 33.4 Å². The molecule has 19 heavy (non-hydrogen) atoms. The van der Waals surface area contributed by atoms with E-state index in [4.69, 9.17) is 22.1 Å². The molecule has 0 amide bonds. The van der Waals surface area contributed by atoms with E-state index in [1.807, 2.05) is 42.8 Å². The number of aryl methyl sites for hydroxylation is 2. The molecule has 0 fully saturated rings. The van der Waals surface area contributed by atoms with Crippen LogP contribution in [0.3, 0.4) is 0 Å². The van der Waals surface area contributed by atoms with Gasteiger partial charge in [0.25, 0.3) is 0 Å². The molecule has 0 saturated heterocycles. The summed E-state index contributed by atoms with van der Waals surface area (Å²) in [5.74, 6) is 0.771. The van der Waals surface area contributed by atoms with Crippen LogP contribution in [-0.4, -0.2) is 9.78 Å². The summed E-state index contributed by atoms with van der Waals surface area (Å²) in [6.45, 7) is 5.26. The van der Waals surface area contributed by atoms with Crippen LogP contribution in [0.5, 0.6) is 5.75 Å². The van der Waals surface area contributed by atoms with Crippen molar-refractivity contribution in [2.75, 3.05) is 5.73 Å². The second kappa shape index (κ2) is 5.97. The van der Waals surface area contributed by atoms with E-state index < -0.39 is 0 Å². The molecule has 102 valence electrons. The van der Waals surface area contributed by atoms with Crippen molar-refractivity contribution >= 4 is 17.3 Å². The molecule has 0 unspecified atom stereocenters. The van der Waals surface area contributed by atoms with Gasteiger partial charge in [0, 0.05) is 12.2 Å². The number of anilines is 1. The number of aromatic nitrogens is 2. The van der Waals surface area contributed by atoms with Gasteiger partial charge in [0.1, 0.15) is 12.4 Å². The normalized spacial score (nSPS) is 10.7. The largest absolute Gasteiger partial charge is 0.487 e. The van der Waals surface area contributed by atoms with E-state index in [9.17, 15) is 0 Å². The Labute approximate surface area is 118 Å². The van der Waals surface area contributed by atoms with Crippen molar-refractivity contribution in [3.63, 3.8) is 0 Å². The predicted molar refractivity (Wildman–Crippen MR) is 77.5 cm³/mol. The number of halogens is 1. The third-order valence-corrected chi connectivity index (χ3v) is 3.39. The first-order valence-electron chi connectivity index (χ1n) is 6.38. The van der Waals surface area contributed by atoms with Gasteiger partial charge in [0.15, 0.2) is 0 Å². The summed E-state index contributed by atoms with van der Waals surface area (Å²) < 4.78 is 7.61. The fourth-order valence-electron chi connectivity index (χ4n) is 1.87. The van der Waals surface area contributed by atoms with Crippen LogP contribution in [0.25, 0.3) is 0 Å². The lowest BCUT2D eigenvalue weighted by Crippen LogP contribution is -2.06. The summed E-state index contributed by atoms with van der Waals surface area (Å²) >= 11 is 6.32. The Balaban J connectivity index is 2.14. The summed E-state index contributed by atoms with van der Waals surface area (Å²) in [5.41, 5.74) is 8.18. The Hall–Kier alpha value is -1.68. The van der Waals surface area contributed by atoms with Gasteiger partial charge in [-0.05, 0) is 37.6 Å². The van der Waals surface area contributed by atoms with Gasteiger partial charge in [0.05, 0.1) is 16.4 Å². The topological polar surface area (TPSA) is 53.1 Å². The van der Waals surface area contributed by atoms with Gasteiger partial charge in [-0.2, -0.15) is 5.10 Å². The van der Waals surface area contributed by atoms with Crippen LogP contribution in [0.4, 0.5) is 5.69 Å². The Kier molecular flexibility index (Phi) is 4.32. The van der Waals surface area contributed by atoms with Gasteiger partial charge in [-0.3, -0.25) is 4.68 Å². The number of nitrogen functional groups attached to an aromatic ring is 1. The summed E-state index contributed by atoms with van der Waals surface area (Å²) in [6.07, 6.45) is 0.820. The molecule has 0 radical (unpaired) electrons. The number of nitrogens with two attached hydrogens (primary N) is 1. The third-order valence-electron chi connectivity index (χ3n) is 2.95. The molecule has 0 atom stereocenters. The molecule has 0 bridgehead atoms. The number of nitrogens with zero attached hydrogens (tertiary/aromatic N) is 2. The highest BCUT2D eigenvalue weighted by Crippen LogP contribution is 2.23. The van der Waals surface area contributed by atoms with Crippen LogP contribution >= 0.6 is 11.6 Å². The molecule has 1 heterocycles. The molecule has 5 heteroatoms. The Morgan fingerprint density at radius 3 is 2.53 bits per heavy atom. The second-order valence-corrected chi connectivity index (χ2v) is 4.61. The summed E-state index contributed by atoms with van der Waals surface area (Å²) in [7, 11) is 0. The zero-order chi connectivity index (χ0) is 13.8. The van der Waals surface area contributed by atoms with Crippen LogP contribution in [0.2, 0.25) is 5.02 Å². The molecular formula is C14H18ClN3O. The van der Waals surface area contributed by atoms with E-state index in [2.05, 4.69) is 5.10 Å². The van der Waals surface area contributed by atoms with Crippen molar-refractivity contribution in [3.8, 4) is 5.75 Å². The van der Waals surface area contributed by atoms with Crippen LogP contribution in [0.15, 0.2) is 24.3 Å². The summed E-state index contributed by atoms with van der Waals surface area (Å²) in [4.78, 5) is 0. The minimum absolute atomic E-state index is 0.406. The van der Waals surface area contributed by atoms with E-state index in [0.717, 1.165) is 35.8 Å². The SMILES string of the molecule is CCc1nn(CC)c(COc2ccc(N)cc2)c1Cl. The van der Waals surface area contributed by atoms with Crippen LogP contribution in [-0.2, 0) is 19.6 Å². The zero-order valence-corrected chi connectivity index (χ0v) is 11.9. The van der Waals surface area contributed by atoms with E-state index in [0.29, 0.717) is 11.6 Å². The lowest BCUT2D eigenvalue weighted by atomic mass is 10.3. The molecule has 2 rings (SSSR count). The van der Waals surface area contributed by atoms with Gasteiger partial charge in [0.2, 0.25) is 0 Å². The van der Waals surface area contributed by atoms with Gasteiger partial charge in [-0.1, -0.05) is 18.5 Å². The molecule has 0 aliphatic rings. The van der Waals surface area contributed by atoms with Crippen LogP contribution in [0.1, 0.15) is 25.2 Å². The van der Waals surface area contributed by atoms with Crippen molar-refractivity contribution in [1.82, 2.24) is 9.78 Å². The van der Waals surface area contributed by atoms with E-state index >= 15 is 0 Å². The lowest BCUT2D eigenvalue weighted by Gasteiger charge is -2.08.